The molecule has 1 heterocycles. The van der Waals surface area contributed by atoms with Crippen LogP contribution in [-0.4, -0.2) is 38.0 Å². The number of carbonyl (C=O) groups is 1. The van der Waals surface area contributed by atoms with E-state index in [-0.39, 0.29) is 18.4 Å². The first kappa shape index (κ1) is 16.9. The van der Waals surface area contributed by atoms with Gasteiger partial charge in [-0.2, -0.15) is 0 Å². The topological polar surface area (TPSA) is 66.5 Å². The third kappa shape index (κ3) is 3.76. The minimum absolute atomic E-state index is 0.0729. The molecule has 6 heteroatoms. The van der Waals surface area contributed by atoms with Crippen LogP contribution >= 0.6 is 0 Å². The summed E-state index contributed by atoms with van der Waals surface area (Å²) in [7, 11) is -3.23. The lowest BCUT2D eigenvalue weighted by molar-refractivity contribution is -0.126. The van der Waals surface area contributed by atoms with Gasteiger partial charge in [-0.3, -0.25) is 4.79 Å². The Bertz CT molecular complexity index is 843. The summed E-state index contributed by atoms with van der Waals surface area (Å²) >= 11 is 0. The molecule has 1 amide bonds. The van der Waals surface area contributed by atoms with Crippen LogP contribution in [0.25, 0.3) is 10.8 Å². The molecule has 24 heavy (non-hydrogen) atoms. The van der Waals surface area contributed by atoms with E-state index < -0.39 is 10.0 Å². The van der Waals surface area contributed by atoms with Crippen LogP contribution in [0.15, 0.2) is 42.5 Å². The molecule has 2 aromatic rings. The first-order chi connectivity index (χ1) is 11.4. The van der Waals surface area contributed by atoms with Gasteiger partial charge in [0.2, 0.25) is 15.9 Å². The van der Waals surface area contributed by atoms with E-state index in [1.54, 1.807) is 0 Å². The molecular weight excluding hydrogens is 324 g/mol. The molecule has 0 bridgehead atoms. The maximum absolute atomic E-state index is 12.4. The van der Waals surface area contributed by atoms with E-state index in [0.29, 0.717) is 13.1 Å². The molecule has 1 unspecified atom stereocenters. The van der Waals surface area contributed by atoms with E-state index in [2.05, 4.69) is 5.32 Å². The van der Waals surface area contributed by atoms with E-state index in [4.69, 9.17) is 0 Å². The zero-order valence-corrected chi connectivity index (χ0v) is 14.6. The summed E-state index contributed by atoms with van der Waals surface area (Å²) < 4.78 is 24.8. The fourth-order valence-electron chi connectivity index (χ4n) is 3.23. The van der Waals surface area contributed by atoms with Gasteiger partial charge >= 0.3 is 0 Å². The third-order valence-electron chi connectivity index (χ3n) is 4.56. The Morgan fingerprint density at radius 2 is 1.96 bits per heavy atom. The van der Waals surface area contributed by atoms with E-state index in [0.717, 1.165) is 29.2 Å². The lowest BCUT2D eigenvalue weighted by atomic mass is 9.98. The summed E-state index contributed by atoms with van der Waals surface area (Å²) in [5.41, 5.74) is 1.07. The number of nitrogens with zero attached hydrogens (tertiary/aromatic N) is 1. The molecule has 128 valence electrons. The number of piperidine rings is 1. The Morgan fingerprint density at radius 1 is 1.21 bits per heavy atom. The Balaban J connectivity index is 1.67. The molecule has 0 radical (unpaired) electrons. The normalized spacial score (nSPS) is 19.3. The number of benzene rings is 2. The van der Waals surface area contributed by atoms with Crippen molar-refractivity contribution in [3.05, 3.63) is 48.0 Å². The van der Waals surface area contributed by atoms with Crippen LogP contribution in [0.2, 0.25) is 0 Å². The molecule has 1 N–H and O–H groups in total. The van der Waals surface area contributed by atoms with Crippen LogP contribution in [0, 0.1) is 5.92 Å². The first-order valence-corrected chi connectivity index (χ1v) is 9.99. The predicted molar refractivity (Wildman–Crippen MR) is 94.9 cm³/mol. The van der Waals surface area contributed by atoms with E-state index in [1.165, 1.54) is 10.6 Å². The Labute approximate surface area is 142 Å². The van der Waals surface area contributed by atoms with Crippen molar-refractivity contribution in [2.45, 2.75) is 19.4 Å². The summed E-state index contributed by atoms with van der Waals surface area (Å²) in [6.07, 6.45) is 2.65. The third-order valence-corrected chi connectivity index (χ3v) is 5.83. The van der Waals surface area contributed by atoms with Gasteiger partial charge in [0.25, 0.3) is 0 Å². The number of rotatable bonds is 4. The van der Waals surface area contributed by atoms with Crippen molar-refractivity contribution in [1.82, 2.24) is 9.62 Å². The molecule has 1 atom stereocenters. The number of hydrogen-bond donors (Lipinski definition) is 1. The standard InChI is InChI=1S/C18H22N2O3S/c1-24(22,23)20-11-5-9-16(13-20)18(21)19-12-15-8-4-7-14-6-2-3-10-17(14)15/h2-4,6-8,10,16H,5,9,11-13H2,1H3,(H,19,21). The maximum atomic E-state index is 12.4. The average molecular weight is 346 g/mol. The van der Waals surface area contributed by atoms with Gasteiger partial charge in [-0.05, 0) is 29.2 Å². The van der Waals surface area contributed by atoms with Crippen LogP contribution in [0.5, 0.6) is 0 Å². The number of hydrogen-bond acceptors (Lipinski definition) is 3. The molecule has 1 aliphatic rings. The second-order valence-corrected chi connectivity index (χ2v) is 8.30. The highest BCUT2D eigenvalue weighted by molar-refractivity contribution is 7.88. The SMILES string of the molecule is CS(=O)(=O)N1CCCC(C(=O)NCc2cccc3ccccc23)C1. The molecule has 0 aromatic heterocycles. The van der Waals surface area contributed by atoms with Gasteiger partial charge < -0.3 is 5.32 Å². The number of amides is 1. The van der Waals surface area contributed by atoms with Crippen LogP contribution < -0.4 is 5.32 Å². The van der Waals surface area contributed by atoms with Gasteiger partial charge in [0.15, 0.2) is 0 Å². The van der Waals surface area contributed by atoms with Crippen molar-refractivity contribution in [3.8, 4) is 0 Å². The molecule has 0 saturated carbocycles. The van der Waals surface area contributed by atoms with Crippen LogP contribution in [0.4, 0.5) is 0 Å². The summed E-state index contributed by atoms with van der Waals surface area (Å²) in [6.45, 7) is 1.24. The lowest BCUT2D eigenvalue weighted by Gasteiger charge is -2.30. The summed E-state index contributed by atoms with van der Waals surface area (Å²) in [5.74, 6) is -0.347. The van der Waals surface area contributed by atoms with Gasteiger partial charge in [-0.25, -0.2) is 12.7 Å². The quantitative estimate of drug-likeness (QED) is 0.922. The van der Waals surface area contributed by atoms with Crippen molar-refractivity contribution >= 4 is 26.7 Å². The van der Waals surface area contributed by atoms with Gasteiger partial charge in [0, 0.05) is 19.6 Å². The minimum atomic E-state index is -3.23. The second-order valence-electron chi connectivity index (χ2n) is 6.32. The van der Waals surface area contributed by atoms with E-state index in [9.17, 15) is 13.2 Å². The van der Waals surface area contributed by atoms with Crippen molar-refractivity contribution in [2.24, 2.45) is 5.92 Å². The number of sulfonamides is 1. The molecule has 5 nitrogen and oxygen atoms in total. The first-order valence-electron chi connectivity index (χ1n) is 8.14. The van der Waals surface area contributed by atoms with Crippen LogP contribution in [0.1, 0.15) is 18.4 Å². The zero-order chi connectivity index (χ0) is 17.2. The smallest absolute Gasteiger partial charge is 0.224 e. The number of nitrogens with one attached hydrogen (secondary N) is 1. The molecule has 0 aliphatic carbocycles. The molecule has 1 aliphatic heterocycles. The van der Waals surface area contributed by atoms with Crippen molar-refractivity contribution < 1.29 is 13.2 Å². The summed E-state index contributed by atoms with van der Waals surface area (Å²) in [6, 6.07) is 14.1. The molecule has 1 saturated heterocycles. The Hall–Kier alpha value is -1.92. The highest BCUT2D eigenvalue weighted by atomic mass is 32.2. The van der Waals surface area contributed by atoms with Crippen molar-refractivity contribution in [2.75, 3.05) is 19.3 Å². The van der Waals surface area contributed by atoms with Crippen molar-refractivity contribution in [1.29, 1.82) is 0 Å². The summed E-state index contributed by atoms with van der Waals surface area (Å²) in [5, 5.41) is 5.24. The fourth-order valence-corrected chi connectivity index (χ4v) is 4.14. The lowest BCUT2D eigenvalue weighted by Crippen LogP contribution is -2.44. The minimum Gasteiger partial charge on any atom is -0.352 e. The number of fused-ring (bicyclic) bond motifs is 1. The molecule has 0 spiro atoms. The highest BCUT2D eigenvalue weighted by Crippen LogP contribution is 2.20. The molecule has 1 fully saturated rings. The molecule has 2 aromatic carbocycles. The van der Waals surface area contributed by atoms with Gasteiger partial charge in [0.05, 0.1) is 12.2 Å². The maximum Gasteiger partial charge on any atom is 0.224 e. The predicted octanol–water partition coefficient (Wildman–Crippen LogP) is 2.13. The van der Waals surface area contributed by atoms with Gasteiger partial charge in [0.1, 0.15) is 0 Å². The van der Waals surface area contributed by atoms with Crippen LogP contribution in [0.3, 0.4) is 0 Å². The second kappa shape index (κ2) is 6.91. The summed E-state index contributed by atoms with van der Waals surface area (Å²) in [4.78, 5) is 12.4. The number of carbonyl (C=O) groups excluding carboxylic acids is 1. The molecule has 3 rings (SSSR count). The van der Waals surface area contributed by atoms with Crippen molar-refractivity contribution in [3.63, 3.8) is 0 Å². The van der Waals surface area contributed by atoms with E-state index in [1.807, 2.05) is 42.5 Å². The Kier molecular flexibility index (Phi) is 4.87. The molecular formula is C18H22N2O3S. The van der Waals surface area contributed by atoms with Gasteiger partial charge in [-0.1, -0.05) is 42.5 Å². The fraction of sp³-hybridized carbons (Fsp3) is 0.389. The monoisotopic (exact) mass is 346 g/mol. The zero-order valence-electron chi connectivity index (χ0n) is 13.7. The van der Waals surface area contributed by atoms with Crippen LogP contribution in [-0.2, 0) is 21.4 Å². The Morgan fingerprint density at radius 3 is 2.75 bits per heavy atom. The van der Waals surface area contributed by atoms with E-state index >= 15 is 0 Å². The largest absolute Gasteiger partial charge is 0.352 e. The van der Waals surface area contributed by atoms with Gasteiger partial charge in [-0.15, -0.1) is 0 Å². The highest BCUT2D eigenvalue weighted by Gasteiger charge is 2.29. The average Bonchev–Trinajstić information content (AvgIpc) is 2.59.